The second kappa shape index (κ2) is 9.98. The number of carbonyl (C=O) groups is 3. The first-order valence-corrected chi connectivity index (χ1v) is 12.7. The maximum absolute atomic E-state index is 14.1. The molecular formula is C29H31N5O4. The number of hydrogen-bond donors (Lipinski definition) is 0. The molecule has 9 nitrogen and oxygen atoms in total. The number of ether oxygens (including phenoxy) is 1. The molecule has 0 radical (unpaired) electrons. The Morgan fingerprint density at radius 3 is 2.21 bits per heavy atom. The van der Waals surface area contributed by atoms with Gasteiger partial charge in [-0.1, -0.05) is 42.5 Å². The number of imide groups is 1. The van der Waals surface area contributed by atoms with Crippen LogP contribution in [0.3, 0.4) is 0 Å². The zero-order valence-corrected chi connectivity index (χ0v) is 21.8. The molecule has 0 atom stereocenters. The molecule has 9 heteroatoms. The first kappa shape index (κ1) is 25.5. The summed E-state index contributed by atoms with van der Waals surface area (Å²) in [4.78, 5) is 53.5. The molecule has 2 aromatic carbocycles. The van der Waals surface area contributed by atoms with E-state index in [0.717, 1.165) is 11.1 Å². The van der Waals surface area contributed by atoms with Crippen LogP contribution in [0.4, 0.5) is 16.3 Å². The van der Waals surface area contributed by atoms with Crippen molar-refractivity contribution in [2.45, 2.75) is 44.8 Å². The molecule has 5 rings (SSSR count). The molecule has 0 saturated carbocycles. The summed E-state index contributed by atoms with van der Waals surface area (Å²) in [7, 11) is 0. The van der Waals surface area contributed by atoms with Crippen molar-refractivity contribution >= 4 is 29.4 Å². The monoisotopic (exact) mass is 513 g/mol. The van der Waals surface area contributed by atoms with Gasteiger partial charge in [0.05, 0.1) is 18.4 Å². The molecule has 3 heterocycles. The van der Waals surface area contributed by atoms with Crippen LogP contribution in [0, 0.1) is 0 Å². The predicted molar refractivity (Wildman–Crippen MR) is 144 cm³/mol. The molecule has 2 saturated heterocycles. The molecule has 0 aliphatic carbocycles. The van der Waals surface area contributed by atoms with Crippen LogP contribution in [0.1, 0.15) is 33.6 Å². The van der Waals surface area contributed by atoms with Gasteiger partial charge in [-0.15, -0.1) is 0 Å². The van der Waals surface area contributed by atoms with E-state index in [-0.39, 0.29) is 18.4 Å². The van der Waals surface area contributed by atoms with Crippen molar-refractivity contribution in [1.29, 1.82) is 0 Å². The Bertz CT molecular complexity index is 1310. The normalized spacial score (nSPS) is 17.8. The fourth-order valence-corrected chi connectivity index (χ4v) is 5.13. The molecule has 0 bridgehead atoms. The third-order valence-electron chi connectivity index (χ3n) is 6.88. The van der Waals surface area contributed by atoms with Crippen molar-refractivity contribution in [2.24, 2.45) is 0 Å². The molecule has 2 aliphatic heterocycles. The van der Waals surface area contributed by atoms with Gasteiger partial charge in [0.1, 0.15) is 11.1 Å². The molecule has 1 aromatic heterocycles. The van der Waals surface area contributed by atoms with Crippen LogP contribution in [-0.2, 0) is 14.3 Å². The fourth-order valence-electron chi connectivity index (χ4n) is 5.13. The second-order valence-corrected chi connectivity index (χ2v) is 10.6. The minimum atomic E-state index is -1.12. The van der Waals surface area contributed by atoms with Crippen molar-refractivity contribution < 1.29 is 19.1 Å². The number of nitrogens with zero attached hydrogens (tertiary/aromatic N) is 5. The Hall–Kier alpha value is -4.11. The van der Waals surface area contributed by atoms with Gasteiger partial charge in [0, 0.05) is 25.5 Å². The van der Waals surface area contributed by atoms with Crippen molar-refractivity contribution in [3.8, 4) is 11.1 Å². The van der Waals surface area contributed by atoms with Gasteiger partial charge in [-0.3, -0.25) is 24.4 Å². The molecule has 0 unspecified atom stereocenters. The number of amides is 3. The van der Waals surface area contributed by atoms with Gasteiger partial charge in [-0.05, 0) is 56.9 Å². The minimum Gasteiger partial charge on any atom is -0.459 e. The third kappa shape index (κ3) is 4.89. The van der Waals surface area contributed by atoms with Crippen molar-refractivity contribution in [1.82, 2.24) is 14.9 Å². The predicted octanol–water partition coefficient (Wildman–Crippen LogP) is 4.29. The van der Waals surface area contributed by atoms with Crippen LogP contribution >= 0.6 is 0 Å². The van der Waals surface area contributed by atoms with E-state index in [1.807, 2.05) is 68.1 Å². The number of esters is 1. The molecular weight excluding hydrogens is 482 g/mol. The first-order chi connectivity index (χ1) is 18.2. The Kier molecular flexibility index (Phi) is 6.71. The largest absolute Gasteiger partial charge is 0.459 e. The fraction of sp³-hybridized carbons (Fsp3) is 0.345. The quantitative estimate of drug-likeness (QED) is 0.371. The molecule has 0 N–H and O–H groups in total. The van der Waals surface area contributed by atoms with Gasteiger partial charge >= 0.3 is 12.0 Å². The number of likely N-dealkylation sites (tertiary alicyclic amines) is 1. The highest BCUT2D eigenvalue weighted by Gasteiger charge is 2.59. The van der Waals surface area contributed by atoms with E-state index >= 15 is 0 Å². The van der Waals surface area contributed by atoms with E-state index in [9.17, 15) is 14.4 Å². The topological polar surface area (TPSA) is 95.9 Å². The van der Waals surface area contributed by atoms with E-state index in [0.29, 0.717) is 37.4 Å². The first-order valence-electron chi connectivity index (χ1n) is 12.7. The third-order valence-corrected chi connectivity index (χ3v) is 6.88. The average Bonchev–Trinajstić information content (AvgIpc) is 3.11. The van der Waals surface area contributed by atoms with Crippen molar-refractivity contribution in [2.75, 3.05) is 29.4 Å². The van der Waals surface area contributed by atoms with Crippen molar-refractivity contribution in [3.63, 3.8) is 0 Å². The molecule has 1 spiro atoms. The number of piperidine rings is 1. The molecule has 2 fully saturated rings. The summed E-state index contributed by atoms with van der Waals surface area (Å²) in [6, 6.07) is 16.9. The number of anilines is 2. The van der Waals surface area contributed by atoms with Gasteiger partial charge in [0.25, 0.3) is 5.91 Å². The summed E-state index contributed by atoms with van der Waals surface area (Å²) < 4.78 is 5.46. The van der Waals surface area contributed by atoms with E-state index in [2.05, 4.69) is 9.97 Å². The van der Waals surface area contributed by atoms with E-state index < -0.39 is 17.2 Å². The summed E-state index contributed by atoms with van der Waals surface area (Å²) in [5.74, 6) is -0.277. The summed E-state index contributed by atoms with van der Waals surface area (Å²) in [6.45, 7) is 6.53. The average molecular weight is 514 g/mol. The Morgan fingerprint density at radius 1 is 0.947 bits per heavy atom. The van der Waals surface area contributed by atoms with Gasteiger partial charge in [-0.25, -0.2) is 14.7 Å². The zero-order chi connectivity index (χ0) is 26.9. The highest BCUT2D eigenvalue weighted by Crippen LogP contribution is 2.42. The van der Waals surface area contributed by atoms with Crippen LogP contribution in [-0.4, -0.2) is 63.5 Å². The Balaban J connectivity index is 1.42. The summed E-state index contributed by atoms with van der Waals surface area (Å²) in [5.41, 5.74) is 0.857. The number of hydrogen-bond acceptors (Lipinski definition) is 7. The number of urea groups is 1. The van der Waals surface area contributed by atoms with Crippen LogP contribution < -0.4 is 9.80 Å². The number of carbonyl (C=O) groups excluding carboxylic acids is 3. The lowest BCUT2D eigenvalue weighted by Gasteiger charge is -2.41. The minimum absolute atomic E-state index is 0.130. The van der Waals surface area contributed by atoms with Crippen LogP contribution in [0.25, 0.3) is 11.1 Å². The number of aromatic nitrogens is 2. The highest BCUT2D eigenvalue weighted by molar-refractivity contribution is 6.30. The lowest BCUT2D eigenvalue weighted by molar-refractivity contribution is -0.156. The van der Waals surface area contributed by atoms with Crippen molar-refractivity contribution in [3.05, 3.63) is 73.2 Å². The maximum atomic E-state index is 14.1. The standard InChI is InChI=1S/C29H31N5O4/c1-28(2,3)38-25(35)20-32-17-13-29(14-18-32)26(36)33(27(37)34(29)24-19-30-15-16-31-24)23-11-9-22(10-12-23)21-7-5-4-6-8-21/h4-12,15-16,19H,13-14,17-18,20H2,1-3H3. The van der Waals surface area contributed by atoms with Crippen LogP contribution in [0.5, 0.6) is 0 Å². The lowest BCUT2D eigenvalue weighted by Crippen LogP contribution is -2.57. The van der Waals surface area contributed by atoms with Gasteiger partial charge in [0.15, 0.2) is 5.82 Å². The molecule has 3 amide bonds. The van der Waals surface area contributed by atoms with Gasteiger partial charge < -0.3 is 4.74 Å². The van der Waals surface area contributed by atoms with Gasteiger partial charge in [-0.2, -0.15) is 0 Å². The highest BCUT2D eigenvalue weighted by atomic mass is 16.6. The van der Waals surface area contributed by atoms with E-state index in [1.54, 1.807) is 12.1 Å². The number of rotatable bonds is 5. The maximum Gasteiger partial charge on any atom is 0.338 e. The second-order valence-electron chi connectivity index (χ2n) is 10.6. The van der Waals surface area contributed by atoms with E-state index in [4.69, 9.17) is 4.74 Å². The zero-order valence-electron chi connectivity index (χ0n) is 21.8. The SMILES string of the molecule is CC(C)(C)OC(=O)CN1CCC2(CC1)C(=O)N(c1ccc(-c3ccccc3)cc1)C(=O)N2c1cnccn1. The summed E-state index contributed by atoms with van der Waals surface area (Å²) in [6.07, 6.45) is 5.25. The smallest absolute Gasteiger partial charge is 0.338 e. The molecule has 196 valence electrons. The van der Waals surface area contributed by atoms with Crippen LogP contribution in [0.15, 0.2) is 73.2 Å². The van der Waals surface area contributed by atoms with Crippen LogP contribution in [0.2, 0.25) is 0 Å². The summed E-state index contributed by atoms with van der Waals surface area (Å²) in [5, 5.41) is 0. The lowest BCUT2D eigenvalue weighted by atomic mass is 9.85. The summed E-state index contributed by atoms with van der Waals surface area (Å²) >= 11 is 0. The van der Waals surface area contributed by atoms with Gasteiger partial charge in [0.2, 0.25) is 0 Å². The van der Waals surface area contributed by atoms with E-state index in [1.165, 1.54) is 28.4 Å². The Labute approximate surface area is 222 Å². The molecule has 38 heavy (non-hydrogen) atoms. The molecule has 3 aromatic rings. The number of benzene rings is 2. The molecule has 2 aliphatic rings. The Morgan fingerprint density at radius 2 is 1.61 bits per heavy atom.